The molecule has 2 aromatic rings. The number of alkyl halides is 3. The van der Waals surface area contributed by atoms with Gasteiger partial charge in [0.15, 0.2) is 0 Å². The first kappa shape index (κ1) is 18.9. The molecule has 0 aromatic heterocycles. The Labute approximate surface area is 153 Å². The third kappa shape index (κ3) is 4.27. The van der Waals surface area contributed by atoms with Crippen molar-refractivity contribution < 1.29 is 26.4 Å². The van der Waals surface area contributed by atoms with Crippen LogP contribution in [0.15, 0.2) is 58.4 Å². The molecular formula is C17H14F3N3O3S. The highest BCUT2D eigenvalue weighted by Crippen LogP contribution is 2.30. The fraction of sp³-hybridized carbons (Fsp3) is 0.176. The number of rotatable bonds is 4. The Balaban J connectivity index is 1.63. The lowest BCUT2D eigenvalue weighted by Crippen LogP contribution is -2.23. The average Bonchev–Trinajstić information content (AvgIpc) is 2.86. The van der Waals surface area contributed by atoms with Crippen molar-refractivity contribution in [3.63, 3.8) is 0 Å². The van der Waals surface area contributed by atoms with Crippen molar-refractivity contribution in [3.8, 4) is 0 Å². The van der Waals surface area contributed by atoms with Gasteiger partial charge in [-0.2, -0.15) is 13.2 Å². The van der Waals surface area contributed by atoms with E-state index in [0.717, 1.165) is 12.1 Å². The van der Waals surface area contributed by atoms with Crippen LogP contribution in [-0.4, -0.2) is 26.7 Å². The fourth-order valence-corrected chi connectivity index (χ4v) is 3.77. The monoisotopic (exact) mass is 397 g/mol. The first-order valence-corrected chi connectivity index (χ1v) is 9.29. The van der Waals surface area contributed by atoms with Gasteiger partial charge in [0.2, 0.25) is 5.91 Å². The Hall–Kier alpha value is -2.88. The Morgan fingerprint density at radius 3 is 2.59 bits per heavy atom. The van der Waals surface area contributed by atoms with E-state index < -0.39 is 27.7 Å². The molecular weight excluding hydrogens is 383 g/mol. The number of hydrogen-bond donors (Lipinski definition) is 2. The summed E-state index contributed by atoms with van der Waals surface area (Å²) in [6.07, 6.45) is -4.62. The molecule has 0 bridgehead atoms. The lowest BCUT2D eigenvalue weighted by molar-refractivity contribution is -0.137. The minimum atomic E-state index is -4.50. The Morgan fingerprint density at radius 1 is 1.11 bits per heavy atom. The second-order valence-electron chi connectivity index (χ2n) is 5.71. The fourth-order valence-electron chi connectivity index (χ4n) is 2.52. The van der Waals surface area contributed by atoms with E-state index in [9.17, 15) is 26.4 Å². The molecule has 1 amide bonds. The van der Waals surface area contributed by atoms with E-state index in [1.807, 2.05) is 0 Å². The zero-order valence-electron chi connectivity index (χ0n) is 13.7. The number of fused-ring (bicyclic) bond motifs is 1. The summed E-state index contributed by atoms with van der Waals surface area (Å²) in [7, 11) is -3.66. The van der Waals surface area contributed by atoms with Gasteiger partial charge < -0.3 is 5.32 Å². The number of benzene rings is 2. The Morgan fingerprint density at radius 2 is 1.85 bits per heavy atom. The molecule has 1 aliphatic heterocycles. The zero-order chi connectivity index (χ0) is 19.7. The van der Waals surface area contributed by atoms with Gasteiger partial charge in [0.05, 0.1) is 17.0 Å². The highest BCUT2D eigenvalue weighted by molar-refractivity contribution is 7.90. The summed E-state index contributed by atoms with van der Waals surface area (Å²) < 4.78 is 64.2. The maximum Gasteiger partial charge on any atom is 0.416 e. The van der Waals surface area contributed by atoms with Crippen molar-refractivity contribution >= 4 is 27.5 Å². The molecule has 2 aromatic carbocycles. The highest BCUT2D eigenvalue weighted by atomic mass is 32.2. The average molecular weight is 397 g/mol. The second kappa shape index (κ2) is 7.03. The standard InChI is InChI=1S/C17H14F3N3O3S/c18-17(19,20)11-4-3-5-12(10-11)22-15(24)8-9-21-16-13-6-1-2-7-14(13)27(25,26)23-16/h1-7,10H,8-9H2,(H,21,23)(H,22,24). The quantitative estimate of drug-likeness (QED) is 0.832. The number of sulfonamides is 1. The van der Waals surface area contributed by atoms with Crippen molar-refractivity contribution in [2.24, 2.45) is 4.99 Å². The summed E-state index contributed by atoms with van der Waals surface area (Å²) >= 11 is 0. The summed E-state index contributed by atoms with van der Waals surface area (Å²) in [5.41, 5.74) is -0.428. The largest absolute Gasteiger partial charge is 0.416 e. The van der Waals surface area contributed by atoms with Crippen LogP contribution in [0.4, 0.5) is 18.9 Å². The van der Waals surface area contributed by atoms with Gasteiger partial charge in [-0.05, 0) is 30.3 Å². The van der Waals surface area contributed by atoms with Crippen LogP contribution in [0.1, 0.15) is 17.5 Å². The van der Waals surface area contributed by atoms with E-state index in [-0.39, 0.29) is 29.4 Å². The van der Waals surface area contributed by atoms with Crippen LogP contribution in [0.2, 0.25) is 0 Å². The first-order valence-electron chi connectivity index (χ1n) is 7.80. The van der Waals surface area contributed by atoms with Crippen LogP contribution in [0.25, 0.3) is 0 Å². The van der Waals surface area contributed by atoms with Crippen molar-refractivity contribution in [1.82, 2.24) is 4.72 Å². The molecule has 10 heteroatoms. The number of nitrogens with one attached hydrogen (secondary N) is 2. The van der Waals surface area contributed by atoms with E-state index in [1.165, 1.54) is 18.2 Å². The maximum atomic E-state index is 12.7. The van der Waals surface area contributed by atoms with E-state index >= 15 is 0 Å². The van der Waals surface area contributed by atoms with Gasteiger partial charge in [0, 0.05) is 17.7 Å². The van der Waals surface area contributed by atoms with Gasteiger partial charge in [0.25, 0.3) is 10.0 Å². The minimum Gasteiger partial charge on any atom is -0.326 e. The number of nitrogens with zero attached hydrogens (tertiary/aromatic N) is 1. The van der Waals surface area contributed by atoms with Crippen LogP contribution < -0.4 is 10.0 Å². The minimum absolute atomic E-state index is 0.0226. The number of amides is 1. The smallest absolute Gasteiger partial charge is 0.326 e. The van der Waals surface area contributed by atoms with Crippen molar-refractivity contribution in [2.75, 3.05) is 11.9 Å². The van der Waals surface area contributed by atoms with E-state index in [1.54, 1.807) is 18.2 Å². The lowest BCUT2D eigenvalue weighted by Gasteiger charge is -2.09. The molecule has 1 aliphatic rings. The molecule has 142 valence electrons. The Kier molecular flexibility index (Phi) is 4.92. The van der Waals surface area contributed by atoms with Gasteiger partial charge >= 0.3 is 6.18 Å². The number of anilines is 1. The van der Waals surface area contributed by atoms with E-state index in [0.29, 0.717) is 5.56 Å². The summed E-state index contributed by atoms with van der Waals surface area (Å²) in [4.78, 5) is 16.1. The molecule has 2 N–H and O–H groups in total. The molecule has 3 rings (SSSR count). The third-order valence-corrected chi connectivity index (χ3v) is 5.14. The highest BCUT2D eigenvalue weighted by Gasteiger charge is 2.31. The summed E-state index contributed by atoms with van der Waals surface area (Å²) in [5, 5.41) is 2.37. The number of amidine groups is 1. The molecule has 0 unspecified atom stereocenters. The number of carbonyl (C=O) groups is 1. The predicted molar refractivity (Wildman–Crippen MR) is 92.9 cm³/mol. The zero-order valence-corrected chi connectivity index (χ0v) is 14.6. The van der Waals surface area contributed by atoms with Gasteiger partial charge in [-0.1, -0.05) is 18.2 Å². The van der Waals surface area contributed by atoms with Crippen LogP contribution in [0.5, 0.6) is 0 Å². The van der Waals surface area contributed by atoms with Crippen LogP contribution in [0, 0.1) is 0 Å². The van der Waals surface area contributed by atoms with Crippen LogP contribution >= 0.6 is 0 Å². The molecule has 27 heavy (non-hydrogen) atoms. The molecule has 6 nitrogen and oxygen atoms in total. The SMILES string of the molecule is O=C(CCN=C1NS(=O)(=O)c2ccccc21)Nc1cccc(C(F)(F)F)c1. The first-order chi connectivity index (χ1) is 12.7. The van der Waals surface area contributed by atoms with Crippen LogP contribution in [0.3, 0.4) is 0 Å². The molecule has 0 saturated carbocycles. The topological polar surface area (TPSA) is 87.6 Å². The number of hydrogen-bond acceptors (Lipinski definition) is 4. The normalized spacial score (nSPS) is 16.6. The van der Waals surface area contributed by atoms with Gasteiger partial charge in [-0.3, -0.25) is 14.5 Å². The summed E-state index contributed by atoms with van der Waals surface area (Å²) in [5.74, 6) is -0.398. The molecule has 0 spiro atoms. The summed E-state index contributed by atoms with van der Waals surface area (Å²) in [6, 6.07) is 10.6. The third-order valence-electron chi connectivity index (χ3n) is 3.75. The number of halogens is 3. The maximum absolute atomic E-state index is 12.7. The van der Waals surface area contributed by atoms with Gasteiger partial charge in [-0.15, -0.1) is 0 Å². The van der Waals surface area contributed by atoms with Crippen molar-refractivity contribution in [1.29, 1.82) is 0 Å². The van der Waals surface area contributed by atoms with E-state index in [4.69, 9.17) is 0 Å². The molecule has 0 fully saturated rings. The van der Waals surface area contributed by atoms with E-state index in [2.05, 4.69) is 15.0 Å². The van der Waals surface area contributed by atoms with Crippen molar-refractivity contribution in [2.45, 2.75) is 17.5 Å². The Bertz CT molecular complexity index is 1020. The number of carbonyl (C=O) groups excluding carboxylic acids is 1. The molecule has 0 aliphatic carbocycles. The second-order valence-corrected chi connectivity index (χ2v) is 7.36. The van der Waals surface area contributed by atoms with Crippen LogP contribution in [-0.2, 0) is 21.0 Å². The van der Waals surface area contributed by atoms with Gasteiger partial charge in [-0.25, -0.2) is 8.42 Å². The lowest BCUT2D eigenvalue weighted by atomic mass is 10.2. The van der Waals surface area contributed by atoms with Gasteiger partial charge in [0.1, 0.15) is 5.84 Å². The number of aliphatic imine (C=N–C) groups is 1. The molecule has 0 saturated heterocycles. The summed E-state index contributed by atoms with van der Waals surface area (Å²) in [6.45, 7) is -0.0308. The van der Waals surface area contributed by atoms with Crippen molar-refractivity contribution in [3.05, 3.63) is 59.7 Å². The predicted octanol–water partition coefficient (Wildman–Crippen LogP) is 2.77. The molecule has 1 heterocycles. The molecule has 0 atom stereocenters. The molecule has 0 radical (unpaired) electrons.